The summed E-state index contributed by atoms with van der Waals surface area (Å²) in [5.41, 5.74) is 0.163. The molecule has 0 saturated carbocycles. The van der Waals surface area contributed by atoms with Crippen LogP contribution < -0.4 is 0 Å². The van der Waals surface area contributed by atoms with Crippen LogP contribution in [0.15, 0.2) is 27.6 Å². The summed E-state index contributed by atoms with van der Waals surface area (Å²) in [5, 5.41) is 0. The molecule has 0 fully saturated rings. The fourth-order valence-corrected chi connectivity index (χ4v) is 3.81. The highest BCUT2D eigenvalue weighted by Crippen LogP contribution is 2.26. The lowest BCUT2D eigenvalue weighted by Crippen LogP contribution is -2.12. The predicted molar refractivity (Wildman–Crippen MR) is 81.5 cm³/mol. The molecule has 20 heavy (non-hydrogen) atoms. The molecule has 1 rings (SSSR count). The average Bonchev–Trinajstić information content (AvgIpc) is 2.35. The summed E-state index contributed by atoms with van der Waals surface area (Å²) >= 11 is 3.08. The van der Waals surface area contributed by atoms with Crippen LogP contribution >= 0.6 is 26.6 Å². The van der Waals surface area contributed by atoms with E-state index in [0.29, 0.717) is 11.1 Å². The van der Waals surface area contributed by atoms with Crippen LogP contribution in [0.25, 0.3) is 0 Å². The van der Waals surface area contributed by atoms with Gasteiger partial charge in [0, 0.05) is 15.2 Å². The highest BCUT2D eigenvalue weighted by molar-refractivity contribution is 9.10. The lowest BCUT2D eigenvalue weighted by atomic mass is 10.1. The number of esters is 1. The van der Waals surface area contributed by atoms with Crippen LogP contribution in [0.2, 0.25) is 0 Å². The minimum atomic E-state index is -3.91. The highest BCUT2D eigenvalue weighted by Gasteiger charge is 2.18. The van der Waals surface area contributed by atoms with Crippen LogP contribution in [0.4, 0.5) is 0 Å². The zero-order valence-electron chi connectivity index (χ0n) is 11.2. The van der Waals surface area contributed by atoms with Crippen molar-refractivity contribution in [2.45, 2.75) is 31.6 Å². The molecule has 0 bridgehead atoms. The Morgan fingerprint density at radius 3 is 2.65 bits per heavy atom. The fourth-order valence-electron chi connectivity index (χ4n) is 1.69. The second-order valence-corrected chi connectivity index (χ2v) is 7.96. The van der Waals surface area contributed by atoms with Crippen molar-refractivity contribution in [3.05, 3.63) is 28.2 Å². The molecule has 4 nitrogen and oxygen atoms in total. The fraction of sp³-hybridized carbons (Fsp3) is 0.462. The van der Waals surface area contributed by atoms with Gasteiger partial charge in [-0.3, -0.25) is 0 Å². The second kappa shape index (κ2) is 7.43. The molecule has 0 heterocycles. The Labute approximate surface area is 132 Å². The van der Waals surface area contributed by atoms with Crippen molar-refractivity contribution in [2.75, 3.05) is 6.61 Å². The van der Waals surface area contributed by atoms with Gasteiger partial charge < -0.3 is 4.74 Å². The molecule has 112 valence electrons. The van der Waals surface area contributed by atoms with Gasteiger partial charge in [0.05, 0.1) is 17.1 Å². The smallest absolute Gasteiger partial charge is 0.338 e. The van der Waals surface area contributed by atoms with Gasteiger partial charge in [0.15, 0.2) is 0 Å². The largest absolute Gasteiger partial charge is 0.462 e. The van der Waals surface area contributed by atoms with E-state index in [-0.39, 0.29) is 16.4 Å². The van der Waals surface area contributed by atoms with E-state index in [2.05, 4.69) is 22.9 Å². The number of hydrogen-bond donors (Lipinski definition) is 0. The molecule has 0 aromatic heterocycles. The number of carbonyl (C=O) groups is 1. The zero-order chi connectivity index (χ0) is 15.3. The van der Waals surface area contributed by atoms with E-state index in [1.165, 1.54) is 18.2 Å². The number of benzene rings is 1. The van der Waals surface area contributed by atoms with E-state index in [4.69, 9.17) is 15.4 Å². The van der Waals surface area contributed by atoms with Gasteiger partial charge in [-0.05, 0) is 46.5 Å². The lowest BCUT2D eigenvalue weighted by Gasteiger charge is -2.11. The van der Waals surface area contributed by atoms with E-state index in [1.54, 1.807) is 0 Å². The van der Waals surface area contributed by atoms with Crippen molar-refractivity contribution in [3.8, 4) is 0 Å². The molecule has 1 aromatic carbocycles. The van der Waals surface area contributed by atoms with Crippen molar-refractivity contribution >= 4 is 41.6 Å². The molecule has 0 spiro atoms. The maximum atomic E-state index is 11.9. The van der Waals surface area contributed by atoms with Crippen LogP contribution in [0.3, 0.4) is 0 Å². The molecule has 0 aliphatic heterocycles. The maximum Gasteiger partial charge on any atom is 0.338 e. The van der Waals surface area contributed by atoms with Crippen LogP contribution in [0.1, 0.15) is 37.0 Å². The number of hydrogen-bond acceptors (Lipinski definition) is 4. The minimum Gasteiger partial charge on any atom is -0.462 e. The standard InChI is InChI=1S/C13H16BrClO4S/c1-3-4-9(2)8-19-13(16)10-5-6-11(14)12(7-10)20(15,17)18/h5-7,9H,3-4,8H2,1-2H3. The molecule has 0 radical (unpaired) electrons. The van der Waals surface area contributed by atoms with Gasteiger partial charge in [-0.15, -0.1) is 0 Å². The molecule has 1 atom stereocenters. The minimum absolute atomic E-state index is 0.143. The van der Waals surface area contributed by atoms with E-state index in [0.717, 1.165) is 12.8 Å². The van der Waals surface area contributed by atoms with E-state index >= 15 is 0 Å². The van der Waals surface area contributed by atoms with Gasteiger partial charge >= 0.3 is 5.97 Å². The van der Waals surface area contributed by atoms with Crippen LogP contribution in [0, 0.1) is 5.92 Å². The molecule has 0 saturated heterocycles. The first-order valence-electron chi connectivity index (χ1n) is 6.17. The molecule has 1 unspecified atom stereocenters. The first-order chi connectivity index (χ1) is 9.25. The summed E-state index contributed by atoms with van der Waals surface area (Å²) in [6, 6.07) is 4.16. The van der Waals surface area contributed by atoms with Crippen molar-refractivity contribution in [1.82, 2.24) is 0 Å². The molecule has 1 aromatic rings. The Morgan fingerprint density at radius 2 is 2.10 bits per heavy atom. The van der Waals surface area contributed by atoms with Gasteiger partial charge in [-0.25, -0.2) is 13.2 Å². The summed E-state index contributed by atoms with van der Waals surface area (Å²) < 4.78 is 28.2. The number of rotatable bonds is 6. The van der Waals surface area contributed by atoms with Gasteiger partial charge in [0.25, 0.3) is 9.05 Å². The summed E-state index contributed by atoms with van der Waals surface area (Å²) in [5.74, 6) is -0.280. The Kier molecular flexibility index (Phi) is 6.48. The summed E-state index contributed by atoms with van der Waals surface area (Å²) in [6.07, 6.45) is 1.99. The monoisotopic (exact) mass is 382 g/mol. The van der Waals surface area contributed by atoms with Crippen LogP contribution in [0.5, 0.6) is 0 Å². The third kappa shape index (κ3) is 5.07. The molecule has 0 N–H and O–H groups in total. The van der Waals surface area contributed by atoms with Crippen molar-refractivity contribution in [3.63, 3.8) is 0 Å². The maximum absolute atomic E-state index is 11.9. The molecule has 0 aliphatic carbocycles. The Bertz CT molecular complexity index is 586. The number of carbonyl (C=O) groups excluding carboxylic acids is 1. The van der Waals surface area contributed by atoms with Crippen molar-refractivity contribution < 1.29 is 17.9 Å². The average molecular weight is 384 g/mol. The molecular weight excluding hydrogens is 368 g/mol. The number of halogens is 2. The van der Waals surface area contributed by atoms with Crippen molar-refractivity contribution in [2.24, 2.45) is 5.92 Å². The summed E-state index contributed by atoms with van der Waals surface area (Å²) in [6.45, 7) is 4.36. The zero-order valence-corrected chi connectivity index (χ0v) is 14.4. The Balaban J connectivity index is 2.85. The molecule has 0 aliphatic rings. The highest BCUT2D eigenvalue weighted by atomic mass is 79.9. The van der Waals surface area contributed by atoms with Gasteiger partial charge in [-0.2, -0.15) is 0 Å². The normalized spacial score (nSPS) is 13.0. The first-order valence-corrected chi connectivity index (χ1v) is 9.27. The predicted octanol–water partition coefficient (Wildman–Crippen LogP) is 3.97. The first kappa shape index (κ1) is 17.5. The van der Waals surface area contributed by atoms with Gasteiger partial charge in [0.2, 0.25) is 0 Å². The number of ether oxygens (including phenoxy) is 1. The van der Waals surface area contributed by atoms with E-state index < -0.39 is 15.0 Å². The second-order valence-electron chi connectivity index (χ2n) is 4.58. The SMILES string of the molecule is CCCC(C)COC(=O)c1ccc(Br)c(S(=O)(=O)Cl)c1. The third-order valence-electron chi connectivity index (χ3n) is 2.71. The summed E-state index contributed by atoms with van der Waals surface area (Å²) in [7, 11) is 1.39. The van der Waals surface area contributed by atoms with E-state index in [9.17, 15) is 13.2 Å². The van der Waals surface area contributed by atoms with Crippen LogP contribution in [-0.2, 0) is 13.8 Å². The van der Waals surface area contributed by atoms with E-state index in [1.807, 2.05) is 6.92 Å². The van der Waals surface area contributed by atoms with Crippen molar-refractivity contribution in [1.29, 1.82) is 0 Å². The Hall–Kier alpha value is -0.590. The van der Waals surface area contributed by atoms with Crippen LogP contribution in [-0.4, -0.2) is 21.0 Å². The quantitative estimate of drug-likeness (QED) is 0.551. The molecule has 7 heteroatoms. The summed E-state index contributed by atoms with van der Waals surface area (Å²) in [4.78, 5) is 11.7. The Morgan fingerprint density at radius 1 is 1.45 bits per heavy atom. The molecule has 0 amide bonds. The van der Waals surface area contributed by atoms with Gasteiger partial charge in [-0.1, -0.05) is 20.3 Å². The lowest BCUT2D eigenvalue weighted by molar-refractivity contribution is 0.0443. The third-order valence-corrected chi connectivity index (χ3v) is 5.03. The molecular formula is C13H16BrClO4S. The topological polar surface area (TPSA) is 60.4 Å². The van der Waals surface area contributed by atoms with Gasteiger partial charge in [0.1, 0.15) is 0 Å².